The van der Waals surface area contributed by atoms with Crippen LogP contribution in [0.2, 0.25) is 0 Å². The lowest BCUT2D eigenvalue weighted by Crippen LogP contribution is -2.41. The molecule has 1 aromatic carbocycles. The molecule has 0 aliphatic heterocycles. The lowest BCUT2D eigenvalue weighted by molar-refractivity contribution is 0.0489. The van der Waals surface area contributed by atoms with Crippen molar-refractivity contribution in [3.8, 4) is 17.9 Å². The van der Waals surface area contributed by atoms with E-state index >= 15 is 0 Å². The summed E-state index contributed by atoms with van der Waals surface area (Å²) in [6.45, 7) is 8.44. The molecule has 35 heavy (non-hydrogen) atoms. The second-order valence-corrected chi connectivity index (χ2v) is 9.67. The summed E-state index contributed by atoms with van der Waals surface area (Å²) in [5.41, 5.74) is 1.63. The highest BCUT2D eigenvalue weighted by Gasteiger charge is 2.24. The summed E-state index contributed by atoms with van der Waals surface area (Å²) in [6.07, 6.45) is 6.03. The Labute approximate surface area is 207 Å². The van der Waals surface area contributed by atoms with E-state index < -0.39 is 5.60 Å². The highest BCUT2D eigenvalue weighted by Crippen LogP contribution is 2.25. The van der Waals surface area contributed by atoms with Crippen molar-refractivity contribution in [1.29, 1.82) is 5.26 Å². The molecule has 1 amide bonds. The van der Waals surface area contributed by atoms with E-state index in [9.17, 15) is 4.79 Å². The number of nitrogens with zero attached hydrogens (tertiary/aromatic N) is 3. The van der Waals surface area contributed by atoms with Gasteiger partial charge in [-0.3, -0.25) is 0 Å². The summed E-state index contributed by atoms with van der Waals surface area (Å²) in [5, 5.41) is 18.5. The second kappa shape index (κ2) is 12.1. The Balaban J connectivity index is 1.69. The lowest BCUT2D eigenvalue weighted by atomic mass is 9.86. The van der Waals surface area contributed by atoms with Crippen LogP contribution in [0.15, 0.2) is 30.5 Å². The van der Waals surface area contributed by atoms with Gasteiger partial charge in [0.25, 0.3) is 0 Å². The molecule has 3 N–H and O–H groups in total. The maximum Gasteiger partial charge on any atom is 0.407 e. The zero-order valence-electron chi connectivity index (χ0n) is 20.9. The molecule has 1 aliphatic carbocycles. The number of nitrogens with one attached hydrogen (secondary N) is 3. The van der Waals surface area contributed by atoms with E-state index in [1.807, 2.05) is 32.9 Å². The quantitative estimate of drug-likeness (QED) is 0.484. The SMILES string of the molecule is CCCNc1nc(Nc2ccc(C#N)cc2)ncc1C#CC1CCC[C@H](NC(=O)OC(C)(C)C)C1. The molecule has 0 radical (unpaired) electrons. The van der Waals surface area contributed by atoms with Gasteiger partial charge < -0.3 is 20.7 Å². The highest BCUT2D eigenvalue weighted by atomic mass is 16.6. The minimum atomic E-state index is -0.513. The van der Waals surface area contributed by atoms with Crippen LogP contribution in [0.5, 0.6) is 0 Å². The number of rotatable bonds is 6. The predicted molar refractivity (Wildman–Crippen MR) is 137 cm³/mol. The third-order valence-corrected chi connectivity index (χ3v) is 5.41. The van der Waals surface area contributed by atoms with E-state index in [1.54, 1.807) is 18.3 Å². The number of nitriles is 1. The Morgan fingerprint density at radius 3 is 2.69 bits per heavy atom. The minimum Gasteiger partial charge on any atom is -0.444 e. The van der Waals surface area contributed by atoms with Gasteiger partial charge in [0.1, 0.15) is 11.4 Å². The third kappa shape index (κ3) is 8.50. The number of hydrogen-bond acceptors (Lipinski definition) is 7. The number of amides is 1. The van der Waals surface area contributed by atoms with Crippen LogP contribution in [0.1, 0.15) is 70.9 Å². The number of anilines is 3. The molecule has 2 atom stereocenters. The Kier molecular flexibility index (Phi) is 8.92. The van der Waals surface area contributed by atoms with Crippen molar-refractivity contribution in [2.75, 3.05) is 17.2 Å². The lowest BCUT2D eigenvalue weighted by Gasteiger charge is -2.28. The molecule has 1 fully saturated rings. The number of carbonyl (C=O) groups is 1. The van der Waals surface area contributed by atoms with Crippen molar-refractivity contribution < 1.29 is 9.53 Å². The first-order valence-electron chi connectivity index (χ1n) is 12.1. The number of benzene rings is 1. The zero-order valence-corrected chi connectivity index (χ0v) is 20.9. The topological polar surface area (TPSA) is 112 Å². The summed E-state index contributed by atoms with van der Waals surface area (Å²) >= 11 is 0. The Bertz CT molecular complexity index is 1110. The molecular formula is C27H34N6O2. The van der Waals surface area contributed by atoms with Crippen LogP contribution in [0.4, 0.5) is 22.2 Å². The molecule has 184 valence electrons. The molecule has 1 saturated carbocycles. The van der Waals surface area contributed by atoms with Crippen molar-refractivity contribution in [2.45, 2.75) is 71.4 Å². The summed E-state index contributed by atoms with van der Waals surface area (Å²) < 4.78 is 5.39. The fourth-order valence-corrected chi connectivity index (χ4v) is 3.77. The van der Waals surface area contributed by atoms with Crippen LogP contribution in [0.3, 0.4) is 0 Å². The van der Waals surface area contributed by atoms with Gasteiger partial charge in [-0.2, -0.15) is 10.2 Å². The van der Waals surface area contributed by atoms with E-state index in [1.165, 1.54) is 0 Å². The van der Waals surface area contributed by atoms with Crippen LogP contribution in [0.25, 0.3) is 0 Å². The number of ether oxygens (including phenoxy) is 1. The molecule has 1 heterocycles. The third-order valence-electron chi connectivity index (χ3n) is 5.41. The van der Waals surface area contributed by atoms with E-state index in [0.29, 0.717) is 17.3 Å². The fourth-order valence-electron chi connectivity index (χ4n) is 3.77. The van der Waals surface area contributed by atoms with Gasteiger partial charge in [-0.15, -0.1) is 0 Å². The number of carbonyl (C=O) groups excluding carboxylic acids is 1. The number of alkyl carbamates (subject to hydrolysis) is 1. The number of aromatic nitrogens is 2. The number of hydrogen-bond donors (Lipinski definition) is 3. The minimum absolute atomic E-state index is 0.0610. The van der Waals surface area contributed by atoms with Gasteiger partial charge in [0.05, 0.1) is 23.4 Å². The first kappa shape index (κ1) is 25.8. The Morgan fingerprint density at radius 1 is 1.23 bits per heavy atom. The van der Waals surface area contributed by atoms with E-state index in [-0.39, 0.29) is 18.1 Å². The van der Waals surface area contributed by atoms with Crippen molar-refractivity contribution in [3.05, 3.63) is 41.6 Å². The standard InChI is InChI=1S/C27H34N6O2/c1-5-15-29-24-21(18-30-25(33-24)31-22-13-10-20(17-28)11-14-22)12-9-19-7-6-8-23(16-19)32-26(34)35-27(2,3)4/h10-11,13-14,18-19,23H,5-8,15-16H2,1-4H3,(H,32,34)(H2,29,30,31,33)/t19?,23-/m0/s1. The smallest absolute Gasteiger partial charge is 0.407 e. The molecule has 0 saturated heterocycles. The largest absolute Gasteiger partial charge is 0.444 e. The van der Waals surface area contributed by atoms with Crippen molar-refractivity contribution in [1.82, 2.24) is 15.3 Å². The molecule has 1 aliphatic rings. The molecule has 8 nitrogen and oxygen atoms in total. The van der Waals surface area contributed by atoms with Crippen LogP contribution in [-0.4, -0.2) is 34.2 Å². The van der Waals surface area contributed by atoms with Gasteiger partial charge in [-0.05, 0) is 70.7 Å². The Morgan fingerprint density at radius 2 is 2.00 bits per heavy atom. The molecule has 0 bridgehead atoms. The summed E-state index contributed by atoms with van der Waals surface area (Å²) in [7, 11) is 0. The van der Waals surface area contributed by atoms with Crippen LogP contribution < -0.4 is 16.0 Å². The molecule has 2 aromatic rings. The highest BCUT2D eigenvalue weighted by molar-refractivity contribution is 5.68. The van der Waals surface area contributed by atoms with Crippen LogP contribution in [-0.2, 0) is 4.74 Å². The summed E-state index contributed by atoms with van der Waals surface area (Å²) in [6, 6.07) is 9.29. The van der Waals surface area contributed by atoms with Gasteiger partial charge in [0, 0.05) is 24.2 Å². The van der Waals surface area contributed by atoms with E-state index in [4.69, 9.17) is 10.00 Å². The monoisotopic (exact) mass is 474 g/mol. The van der Waals surface area contributed by atoms with Gasteiger partial charge in [-0.1, -0.05) is 25.2 Å². The first-order valence-corrected chi connectivity index (χ1v) is 12.1. The Hall–Kier alpha value is -3.78. The molecule has 8 heteroatoms. The van der Waals surface area contributed by atoms with E-state index in [2.05, 4.69) is 50.8 Å². The molecular weight excluding hydrogens is 440 g/mol. The first-order chi connectivity index (χ1) is 16.8. The van der Waals surface area contributed by atoms with Crippen LogP contribution in [0, 0.1) is 29.1 Å². The zero-order chi connectivity index (χ0) is 25.3. The second-order valence-electron chi connectivity index (χ2n) is 9.67. The van der Waals surface area contributed by atoms with Crippen LogP contribution >= 0.6 is 0 Å². The predicted octanol–water partition coefficient (Wildman–Crippen LogP) is 5.35. The summed E-state index contributed by atoms with van der Waals surface area (Å²) in [4.78, 5) is 21.2. The normalized spacial score (nSPS) is 17.3. The average Bonchev–Trinajstić information content (AvgIpc) is 2.81. The van der Waals surface area contributed by atoms with Gasteiger partial charge >= 0.3 is 6.09 Å². The van der Waals surface area contributed by atoms with Crippen molar-refractivity contribution in [3.63, 3.8) is 0 Å². The van der Waals surface area contributed by atoms with Crippen molar-refractivity contribution >= 4 is 23.5 Å². The fraction of sp³-hybridized carbons (Fsp3) is 0.481. The van der Waals surface area contributed by atoms with Gasteiger partial charge in [0.15, 0.2) is 0 Å². The maximum atomic E-state index is 12.1. The summed E-state index contributed by atoms with van der Waals surface area (Å²) in [5.74, 6) is 7.96. The molecule has 1 unspecified atom stereocenters. The van der Waals surface area contributed by atoms with E-state index in [0.717, 1.165) is 49.9 Å². The van der Waals surface area contributed by atoms with Gasteiger partial charge in [0.2, 0.25) is 5.95 Å². The average molecular weight is 475 g/mol. The van der Waals surface area contributed by atoms with Crippen molar-refractivity contribution in [2.24, 2.45) is 5.92 Å². The maximum absolute atomic E-state index is 12.1. The molecule has 0 spiro atoms. The van der Waals surface area contributed by atoms with Gasteiger partial charge in [-0.25, -0.2) is 9.78 Å². The molecule has 1 aromatic heterocycles. The molecule has 3 rings (SSSR count).